The number of benzene rings is 1. The van der Waals surface area contributed by atoms with Crippen LogP contribution in [0.15, 0.2) is 42.7 Å². The molecule has 0 atom stereocenters. The fraction of sp³-hybridized carbons (Fsp3) is 0.158. The predicted molar refractivity (Wildman–Crippen MR) is 108 cm³/mol. The highest BCUT2D eigenvalue weighted by Crippen LogP contribution is 2.35. The number of nitrogens with zero attached hydrogens (tertiary/aromatic N) is 2. The Hall–Kier alpha value is -2.37. The van der Waals surface area contributed by atoms with Crippen LogP contribution in [0.25, 0.3) is 16.3 Å². The number of pyridine rings is 1. The molecule has 3 aromatic rings. The maximum Gasteiger partial charge on any atom is 0.160 e. The van der Waals surface area contributed by atoms with Crippen molar-refractivity contribution in [3.05, 3.63) is 58.2 Å². The van der Waals surface area contributed by atoms with Crippen molar-refractivity contribution in [2.75, 3.05) is 23.8 Å². The number of fused-ring (bicyclic) bond motifs is 1. The van der Waals surface area contributed by atoms with E-state index in [9.17, 15) is 4.79 Å². The van der Waals surface area contributed by atoms with Crippen LogP contribution in [0.3, 0.4) is 0 Å². The smallest absolute Gasteiger partial charge is 0.160 e. The highest BCUT2D eigenvalue weighted by molar-refractivity contribution is 7.20. The predicted octanol–water partition coefficient (Wildman–Crippen LogP) is 5.30. The molecule has 1 N–H and O–H groups in total. The molecule has 6 heteroatoms. The first-order valence-corrected chi connectivity index (χ1v) is 9.10. The molecule has 128 valence electrons. The van der Waals surface area contributed by atoms with E-state index in [1.807, 2.05) is 61.5 Å². The molecule has 2 aromatic heterocycles. The third-order valence-electron chi connectivity index (χ3n) is 3.83. The number of hydrogen-bond donors (Lipinski definition) is 1. The number of hydrogen-bond acceptors (Lipinski definition) is 5. The molecule has 4 nitrogen and oxygen atoms in total. The minimum atomic E-state index is 0.675. The normalized spacial score (nSPS) is 11.2. The number of anilines is 2. The summed E-state index contributed by atoms with van der Waals surface area (Å²) >= 11 is 7.35. The van der Waals surface area contributed by atoms with Gasteiger partial charge in [0.1, 0.15) is 4.83 Å². The summed E-state index contributed by atoms with van der Waals surface area (Å²) in [6.07, 6.45) is 6.56. The SMILES string of the molecule is CCNc1ccnc2sc(C=O)c(/C=C\N(C)c3ccc(Cl)cc3)c12. The third-order valence-corrected chi connectivity index (χ3v) is 5.12. The fourth-order valence-electron chi connectivity index (χ4n) is 2.60. The van der Waals surface area contributed by atoms with Gasteiger partial charge in [-0.05, 0) is 43.3 Å². The number of carbonyl (C=O) groups excluding carboxylic acids is 1. The molecular formula is C19H18ClN3OS. The lowest BCUT2D eigenvalue weighted by Crippen LogP contribution is -2.07. The summed E-state index contributed by atoms with van der Waals surface area (Å²) < 4.78 is 0. The highest BCUT2D eigenvalue weighted by Gasteiger charge is 2.14. The molecular weight excluding hydrogens is 354 g/mol. The van der Waals surface area contributed by atoms with E-state index in [-0.39, 0.29) is 0 Å². The van der Waals surface area contributed by atoms with Gasteiger partial charge in [0.25, 0.3) is 0 Å². The molecule has 0 spiro atoms. The quantitative estimate of drug-likeness (QED) is 0.597. The molecule has 0 fully saturated rings. The Labute approximate surface area is 155 Å². The van der Waals surface area contributed by atoms with Crippen LogP contribution in [0.4, 0.5) is 11.4 Å². The number of aldehydes is 1. The number of carbonyl (C=O) groups is 1. The van der Waals surface area contributed by atoms with E-state index >= 15 is 0 Å². The Kier molecular flexibility index (Phi) is 5.36. The fourth-order valence-corrected chi connectivity index (χ4v) is 3.70. The number of rotatable bonds is 6. The van der Waals surface area contributed by atoms with Crippen LogP contribution in [0.1, 0.15) is 22.2 Å². The Morgan fingerprint density at radius 3 is 2.72 bits per heavy atom. The zero-order chi connectivity index (χ0) is 17.8. The Balaban J connectivity index is 2.01. The molecule has 0 saturated heterocycles. The molecule has 0 aliphatic rings. The van der Waals surface area contributed by atoms with Crippen LogP contribution < -0.4 is 10.2 Å². The van der Waals surface area contributed by atoms with Gasteiger partial charge in [0, 0.05) is 53.3 Å². The monoisotopic (exact) mass is 371 g/mol. The van der Waals surface area contributed by atoms with Crippen LogP contribution in [0, 0.1) is 0 Å². The van der Waals surface area contributed by atoms with Gasteiger partial charge in [0.05, 0.1) is 4.88 Å². The molecule has 0 saturated carbocycles. The second-order valence-electron chi connectivity index (χ2n) is 5.47. The Bertz CT molecular complexity index is 918. The largest absolute Gasteiger partial charge is 0.385 e. The first-order valence-electron chi connectivity index (χ1n) is 7.91. The molecule has 0 radical (unpaired) electrons. The summed E-state index contributed by atoms with van der Waals surface area (Å²) in [5, 5.41) is 5.03. The van der Waals surface area contributed by atoms with Crippen molar-refractivity contribution in [2.45, 2.75) is 6.92 Å². The molecule has 1 aromatic carbocycles. The van der Waals surface area contributed by atoms with Crippen LogP contribution in [-0.4, -0.2) is 24.9 Å². The van der Waals surface area contributed by atoms with Gasteiger partial charge in [-0.15, -0.1) is 11.3 Å². The lowest BCUT2D eigenvalue weighted by atomic mass is 10.1. The van der Waals surface area contributed by atoms with E-state index in [1.165, 1.54) is 11.3 Å². The van der Waals surface area contributed by atoms with Crippen LogP contribution in [-0.2, 0) is 0 Å². The van der Waals surface area contributed by atoms with Crippen molar-refractivity contribution < 1.29 is 4.79 Å². The van der Waals surface area contributed by atoms with Crippen molar-refractivity contribution in [3.63, 3.8) is 0 Å². The molecule has 0 aliphatic carbocycles. The highest BCUT2D eigenvalue weighted by atomic mass is 35.5. The third kappa shape index (κ3) is 3.67. The number of aromatic nitrogens is 1. The van der Waals surface area contributed by atoms with E-state index in [1.54, 1.807) is 6.20 Å². The van der Waals surface area contributed by atoms with Gasteiger partial charge < -0.3 is 10.2 Å². The summed E-state index contributed by atoms with van der Waals surface area (Å²) in [5.41, 5.74) is 2.89. The maximum absolute atomic E-state index is 11.5. The van der Waals surface area contributed by atoms with Gasteiger partial charge in [0.2, 0.25) is 0 Å². The second kappa shape index (κ2) is 7.68. The molecule has 25 heavy (non-hydrogen) atoms. The molecule has 0 aliphatic heterocycles. The van der Waals surface area contributed by atoms with Crippen LogP contribution >= 0.6 is 22.9 Å². The summed E-state index contributed by atoms with van der Waals surface area (Å²) in [4.78, 5) is 19.4. The molecule has 0 amide bonds. The number of nitrogens with one attached hydrogen (secondary N) is 1. The molecule has 3 rings (SSSR count). The molecule has 2 heterocycles. The Morgan fingerprint density at radius 1 is 1.28 bits per heavy atom. The van der Waals surface area contributed by atoms with Crippen molar-refractivity contribution >= 4 is 56.9 Å². The average Bonchev–Trinajstić information content (AvgIpc) is 2.99. The van der Waals surface area contributed by atoms with Crippen molar-refractivity contribution in [1.82, 2.24) is 4.98 Å². The first kappa shape index (κ1) is 17.5. The minimum absolute atomic E-state index is 0.675. The zero-order valence-electron chi connectivity index (χ0n) is 14.0. The van der Waals surface area contributed by atoms with Crippen molar-refractivity contribution in [1.29, 1.82) is 0 Å². The number of halogens is 1. The van der Waals surface area contributed by atoms with Gasteiger partial charge >= 0.3 is 0 Å². The summed E-state index contributed by atoms with van der Waals surface area (Å²) in [5.74, 6) is 0. The van der Waals surface area contributed by atoms with Gasteiger partial charge in [-0.2, -0.15) is 0 Å². The van der Waals surface area contributed by atoms with Crippen molar-refractivity contribution in [2.24, 2.45) is 0 Å². The van der Waals surface area contributed by atoms with Crippen molar-refractivity contribution in [3.8, 4) is 0 Å². The first-order chi connectivity index (χ1) is 12.1. The van der Waals surface area contributed by atoms with E-state index in [0.29, 0.717) is 9.90 Å². The minimum Gasteiger partial charge on any atom is -0.385 e. The lowest BCUT2D eigenvalue weighted by molar-refractivity contribution is 0.112. The van der Waals surface area contributed by atoms with E-state index in [2.05, 4.69) is 10.3 Å². The average molecular weight is 372 g/mol. The number of thiophene rings is 1. The lowest BCUT2D eigenvalue weighted by Gasteiger charge is -2.14. The second-order valence-corrected chi connectivity index (χ2v) is 6.94. The van der Waals surface area contributed by atoms with Gasteiger partial charge in [-0.1, -0.05) is 11.6 Å². The Morgan fingerprint density at radius 2 is 2.04 bits per heavy atom. The van der Waals surface area contributed by atoms with Crippen LogP contribution in [0.5, 0.6) is 0 Å². The zero-order valence-corrected chi connectivity index (χ0v) is 15.6. The summed E-state index contributed by atoms with van der Waals surface area (Å²) in [6.45, 7) is 2.85. The van der Waals surface area contributed by atoms with Gasteiger partial charge in [-0.25, -0.2) is 4.98 Å². The van der Waals surface area contributed by atoms with E-state index < -0.39 is 0 Å². The molecule has 0 unspecified atom stereocenters. The topological polar surface area (TPSA) is 45.2 Å². The van der Waals surface area contributed by atoms with E-state index in [0.717, 1.165) is 40.0 Å². The summed E-state index contributed by atoms with van der Waals surface area (Å²) in [6, 6.07) is 9.54. The van der Waals surface area contributed by atoms with Gasteiger partial charge in [0.15, 0.2) is 6.29 Å². The van der Waals surface area contributed by atoms with E-state index in [4.69, 9.17) is 11.6 Å². The standard InChI is InChI=1S/C19H18ClN3OS/c1-3-21-16-8-10-22-19-18(16)15(17(12-24)25-19)9-11-23(2)14-6-4-13(20)5-7-14/h4-12H,3H2,1-2H3,(H,21,22)/b11-9-. The molecule has 0 bridgehead atoms. The van der Waals surface area contributed by atoms with Gasteiger partial charge in [-0.3, -0.25) is 4.79 Å². The maximum atomic E-state index is 11.5. The van der Waals surface area contributed by atoms with Crippen LogP contribution in [0.2, 0.25) is 5.02 Å². The summed E-state index contributed by atoms with van der Waals surface area (Å²) in [7, 11) is 1.96.